The zero-order valence-corrected chi connectivity index (χ0v) is 31.9. The highest BCUT2D eigenvalue weighted by atomic mass is 16.6. The Morgan fingerprint density at radius 3 is 0.907 bits per heavy atom. The van der Waals surface area contributed by atoms with E-state index in [-0.39, 0.29) is 6.61 Å². The van der Waals surface area contributed by atoms with Crippen LogP contribution in [0, 0.1) is 0 Å². The number of amides is 1. The van der Waals surface area contributed by atoms with E-state index in [0.29, 0.717) is 165 Å². The van der Waals surface area contributed by atoms with E-state index in [4.69, 9.17) is 61.6 Å². The quantitative estimate of drug-likeness (QED) is 0.0989. The third kappa shape index (κ3) is 32.6. The lowest BCUT2D eigenvalue weighted by molar-refractivity contribution is -0.0285. The van der Waals surface area contributed by atoms with Crippen LogP contribution < -0.4 is 5.32 Å². The van der Waals surface area contributed by atoms with Gasteiger partial charge in [0.05, 0.1) is 159 Å². The van der Waals surface area contributed by atoms with Crippen LogP contribution in [-0.4, -0.2) is 165 Å². The van der Waals surface area contributed by atoms with Gasteiger partial charge in [-0.25, -0.2) is 4.79 Å². The second kappa shape index (κ2) is 38.5. The maximum absolute atomic E-state index is 11.7. The van der Waals surface area contributed by atoms with Gasteiger partial charge in [0.1, 0.15) is 6.61 Å². The largest absolute Gasteiger partial charge is 0.445 e. The molecule has 2 aromatic rings. The van der Waals surface area contributed by atoms with Crippen molar-refractivity contribution in [3.05, 3.63) is 71.8 Å². The molecule has 1 amide bonds. The third-order valence-corrected chi connectivity index (χ3v) is 6.93. The van der Waals surface area contributed by atoms with E-state index < -0.39 is 6.09 Å². The summed E-state index contributed by atoms with van der Waals surface area (Å²) in [6.07, 6.45) is -0.470. The van der Waals surface area contributed by atoms with Gasteiger partial charge in [0.2, 0.25) is 0 Å². The molecule has 15 heteroatoms. The first-order valence-corrected chi connectivity index (χ1v) is 18.8. The van der Waals surface area contributed by atoms with Crippen LogP contribution in [0.25, 0.3) is 0 Å². The van der Waals surface area contributed by atoms with Crippen molar-refractivity contribution in [2.24, 2.45) is 0 Å². The van der Waals surface area contributed by atoms with E-state index in [2.05, 4.69) is 5.32 Å². The molecule has 0 unspecified atom stereocenters. The lowest BCUT2D eigenvalue weighted by atomic mass is 10.2. The molecule has 0 spiro atoms. The van der Waals surface area contributed by atoms with Crippen molar-refractivity contribution in [1.29, 1.82) is 0 Å². The summed E-state index contributed by atoms with van der Waals surface area (Å²) in [4.78, 5) is 11.7. The molecule has 0 aliphatic carbocycles. The van der Waals surface area contributed by atoms with E-state index in [9.17, 15) is 4.79 Å². The summed E-state index contributed by atoms with van der Waals surface area (Å²) < 4.78 is 71.0. The first kappa shape index (κ1) is 47.4. The molecule has 0 aliphatic heterocycles. The summed E-state index contributed by atoms with van der Waals surface area (Å²) in [5.74, 6) is 0. The molecule has 15 nitrogen and oxygen atoms in total. The standard InChI is InChI=1S/C39H63NO14/c41-39(54-36-38-9-5-2-6-10-38)40-11-12-42-13-14-43-15-16-44-17-18-45-19-20-46-21-22-47-23-24-48-25-26-49-27-28-50-29-30-51-31-32-52-33-34-53-35-37-7-3-1-4-8-37/h1-10H,11-36H2,(H,40,41). The molecule has 1 N–H and O–H groups in total. The number of alkyl carbamates (subject to hydrolysis) is 1. The van der Waals surface area contributed by atoms with Crippen LogP contribution in [0.3, 0.4) is 0 Å². The minimum atomic E-state index is -0.470. The Labute approximate surface area is 321 Å². The number of carbonyl (C=O) groups is 1. The average Bonchev–Trinajstić information content (AvgIpc) is 3.20. The molecule has 0 radical (unpaired) electrons. The monoisotopic (exact) mass is 769 g/mol. The van der Waals surface area contributed by atoms with Gasteiger partial charge < -0.3 is 66.9 Å². The summed E-state index contributed by atoms with van der Waals surface area (Å²) in [5.41, 5.74) is 2.09. The van der Waals surface area contributed by atoms with Gasteiger partial charge in [-0.15, -0.1) is 0 Å². The Morgan fingerprint density at radius 2 is 0.593 bits per heavy atom. The van der Waals surface area contributed by atoms with Gasteiger partial charge in [-0.2, -0.15) is 0 Å². The summed E-state index contributed by atoms with van der Waals surface area (Å²) in [7, 11) is 0. The van der Waals surface area contributed by atoms with Gasteiger partial charge >= 0.3 is 6.09 Å². The van der Waals surface area contributed by atoms with Crippen molar-refractivity contribution >= 4 is 6.09 Å². The zero-order chi connectivity index (χ0) is 38.1. The van der Waals surface area contributed by atoms with Gasteiger partial charge in [-0.3, -0.25) is 0 Å². The number of hydrogen-bond acceptors (Lipinski definition) is 14. The molecule has 0 saturated carbocycles. The molecule has 308 valence electrons. The van der Waals surface area contributed by atoms with Crippen molar-refractivity contribution in [3.63, 3.8) is 0 Å². The van der Waals surface area contributed by atoms with E-state index in [0.717, 1.165) is 11.1 Å². The van der Waals surface area contributed by atoms with Gasteiger partial charge in [0.15, 0.2) is 0 Å². The van der Waals surface area contributed by atoms with Crippen LogP contribution in [0.4, 0.5) is 4.79 Å². The zero-order valence-electron chi connectivity index (χ0n) is 31.9. The van der Waals surface area contributed by atoms with Crippen LogP contribution in [0.5, 0.6) is 0 Å². The molecule has 2 rings (SSSR count). The molecule has 0 fully saturated rings. The summed E-state index contributed by atoms with van der Waals surface area (Å²) in [6, 6.07) is 19.6. The summed E-state index contributed by atoms with van der Waals surface area (Å²) in [5, 5.41) is 2.64. The molecular formula is C39H63NO14. The number of nitrogens with one attached hydrogen (secondary N) is 1. The van der Waals surface area contributed by atoms with Crippen LogP contribution in [0.15, 0.2) is 60.7 Å². The number of carbonyl (C=O) groups excluding carboxylic acids is 1. The summed E-state index contributed by atoms with van der Waals surface area (Å²) in [6.45, 7) is 12.5. The van der Waals surface area contributed by atoms with Crippen molar-refractivity contribution in [2.45, 2.75) is 13.2 Å². The van der Waals surface area contributed by atoms with E-state index >= 15 is 0 Å². The van der Waals surface area contributed by atoms with Gasteiger partial charge in [0, 0.05) is 6.54 Å². The second-order valence-electron chi connectivity index (χ2n) is 11.3. The minimum absolute atomic E-state index is 0.236. The first-order valence-electron chi connectivity index (χ1n) is 18.8. The second-order valence-corrected chi connectivity index (χ2v) is 11.3. The summed E-state index contributed by atoms with van der Waals surface area (Å²) >= 11 is 0. The Balaban J connectivity index is 1.13. The molecular weight excluding hydrogens is 706 g/mol. The minimum Gasteiger partial charge on any atom is -0.445 e. The SMILES string of the molecule is O=C(NCCOCCOCCOCCOCCOCCOCCOCCOCCOCCOCCOCCOCc1ccccc1)OCc1ccccc1. The van der Waals surface area contributed by atoms with Crippen molar-refractivity contribution < 1.29 is 66.4 Å². The van der Waals surface area contributed by atoms with Gasteiger partial charge in [-0.05, 0) is 11.1 Å². The molecule has 54 heavy (non-hydrogen) atoms. The number of hydrogen-bond donors (Lipinski definition) is 1. The molecule has 0 bridgehead atoms. The molecule has 0 aliphatic rings. The highest BCUT2D eigenvalue weighted by Crippen LogP contribution is 2.01. The van der Waals surface area contributed by atoms with Crippen LogP contribution in [0.1, 0.15) is 11.1 Å². The highest BCUT2D eigenvalue weighted by Gasteiger charge is 2.02. The van der Waals surface area contributed by atoms with Crippen LogP contribution in [0.2, 0.25) is 0 Å². The maximum atomic E-state index is 11.7. The van der Waals surface area contributed by atoms with Crippen LogP contribution in [-0.2, 0) is 74.8 Å². The fourth-order valence-electron chi connectivity index (χ4n) is 4.18. The molecule has 0 atom stereocenters. The average molecular weight is 770 g/mol. The van der Waals surface area contributed by atoms with E-state index in [1.807, 2.05) is 60.7 Å². The lowest BCUT2D eigenvalue weighted by Crippen LogP contribution is -2.28. The number of rotatable bonds is 40. The Bertz CT molecular complexity index is 1060. The predicted molar refractivity (Wildman–Crippen MR) is 200 cm³/mol. The van der Waals surface area contributed by atoms with Crippen molar-refractivity contribution in [1.82, 2.24) is 5.32 Å². The molecule has 0 saturated heterocycles. The fourth-order valence-corrected chi connectivity index (χ4v) is 4.18. The van der Waals surface area contributed by atoms with Crippen LogP contribution >= 0.6 is 0 Å². The Hall–Kier alpha value is -2.77. The highest BCUT2D eigenvalue weighted by molar-refractivity contribution is 5.67. The fraction of sp³-hybridized carbons (Fsp3) is 0.667. The Morgan fingerprint density at radius 1 is 0.333 bits per heavy atom. The third-order valence-electron chi connectivity index (χ3n) is 6.93. The maximum Gasteiger partial charge on any atom is 0.407 e. The van der Waals surface area contributed by atoms with Gasteiger partial charge in [-0.1, -0.05) is 60.7 Å². The number of ether oxygens (including phenoxy) is 13. The number of benzene rings is 2. The first-order chi connectivity index (χ1) is 26.8. The smallest absolute Gasteiger partial charge is 0.407 e. The van der Waals surface area contributed by atoms with Crippen molar-refractivity contribution in [2.75, 3.05) is 159 Å². The normalized spacial score (nSPS) is 11.3. The lowest BCUT2D eigenvalue weighted by Gasteiger charge is -2.09. The van der Waals surface area contributed by atoms with E-state index in [1.54, 1.807) is 0 Å². The van der Waals surface area contributed by atoms with Crippen molar-refractivity contribution in [3.8, 4) is 0 Å². The topological polar surface area (TPSA) is 149 Å². The van der Waals surface area contributed by atoms with Gasteiger partial charge in [0.25, 0.3) is 0 Å². The molecule has 2 aromatic carbocycles. The Kier molecular flexibility index (Phi) is 33.8. The molecule has 0 aromatic heterocycles. The predicted octanol–water partition coefficient (Wildman–Crippen LogP) is 3.31. The van der Waals surface area contributed by atoms with E-state index in [1.165, 1.54) is 0 Å². The molecule has 0 heterocycles.